The molecule has 44 heavy (non-hydrogen) atoms. The molecule has 0 atom stereocenters. The second-order valence-electron chi connectivity index (χ2n) is 11.8. The summed E-state index contributed by atoms with van der Waals surface area (Å²) >= 11 is 0. The highest BCUT2D eigenvalue weighted by atomic mass is 19.3. The van der Waals surface area contributed by atoms with Crippen LogP contribution in [0.15, 0.2) is 48.5 Å². The average Bonchev–Trinajstić information content (AvgIpc) is 2.96. The van der Waals surface area contributed by atoms with E-state index in [0.717, 1.165) is 30.9 Å². The minimum absolute atomic E-state index is 0.0748. The van der Waals surface area contributed by atoms with Crippen LogP contribution < -0.4 is 9.47 Å². The Morgan fingerprint density at radius 2 is 1.30 bits per heavy atom. The van der Waals surface area contributed by atoms with Crippen molar-refractivity contribution in [2.45, 2.75) is 89.6 Å². The molecule has 0 unspecified atom stereocenters. The van der Waals surface area contributed by atoms with E-state index in [1.165, 1.54) is 44.9 Å². The lowest BCUT2D eigenvalue weighted by Crippen LogP contribution is -2.26. The van der Waals surface area contributed by atoms with Gasteiger partial charge in [0.2, 0.25) is 5.75 Å². The number of hydrogen-bond donors (Lipinski definition) is 0. The number of rotatable bonds is 11. The number of alkyl halides is 2. The van der Waals surface area contributed by atoms with Crippen molar-refractivity contribution in [3.63, 3.8) is 0 Å². The lowest BCUT2D eigenvalue weighted by atomic mass is 9.76. The molecular weight excluding hydrogens is 599 g/mol. The third-order valence-electron chi connectivity index (χ3n) is 8.67. The fourth-order valence-electron chi connectivity index (χ4n) is 6.25. The Morgan fingerprint density at radius 1 is 0.773 bits per heavy atom. The van der Waals surface area contributed by atoms with E-state index in [9.17, 15) is 39.5 Å². The summed E-state index contributed by atoms with van der Waals surface area (Å²) < 4.78 is 133. The van der Waals surface area contributed by atoms with Gasteiger partial charge in [-0.25, -0.2) is 17.6 Å². The van der Waals surface area contributed by atoms with Crippen LogP contribution in [-0.2, 0) is 6.11 Å². The van der Waals surface area contributed by atoms with Gasteiger partial charge in [0.25, 0.3) is 0 Å². The summed E-state index contributed by atoms with van der Waals surface area (Å²) in [7, 11) is 0. The third kappa shape index (κ3) is 8.53. The molecule has 2 fully saturated rings. The Hall–Kier alpha value is -3.11. The molecule has 0 radical (unpaired) electrons. The predicted molar refractivity (Wildman–Crippen MR) is 147 cm³/mol. The maximum Gasteiger partial charge on any atom is 0.432 e. The average molecular weight is 635 g/mol. The summed E-state index contributed by atoms with van der Waals surface area (Å²) in [6, 6.07) is -0.832. The zero-order chi connectivity index (χ0) is 32.0. The van der Waals surface area contributed by atoms with Gasteiger partial charge in [-0.2, -0.15) is 22.0 Å². The highest BCUT2D eigenvalue weighted by molar-refractivity contribution is 5.37. The van der Waals surface area contributed by atoms with E-state index < -0.39 is 58.5 Å². The second kappa shape index (κ2) is 14.8. The van der Waals surface area contributed by atoms with Crippen molar-refractivity contribution in [1.82, 2.24) is 0 Å². The van der Waals surface area contributed by atoms with Crippen molar-refractivity contribution in [3.8, 4) is 11.5 Å². The lowest BCUT2D eigenvalue weighted by Gasteiger charge is -2.29. The van der Waals surface area contributed by atoms with Gasteiger partial charge in [-0.15, -0.1) is 0 Å². The number of allylic oxidation sites excluding steroid dienone is 2. The van der Waals surface area contributed by atoms with E-state index in [-0.39, 0.29) is 23.6 Å². The largest absolute Gasteiger partial charge is 0.432 e. The van der Waals surface area contributed by atoms with Crippen molar-refractivity contribution in [3.05, 3.63) is 82.9 Å². The van der Waals surface area contributed by atoms with Crippen molar-refractivity contribution in [1.29, 1.82) is 0 Å². The molecule has 242 valence electrons. The minimum Gasteiger partial charge on any atom is -0.429 e. The number of halogens is 9. The van der Waals surface area contributed by atoms with Gasteiger partial charge in [0.15, 0.2) is 11.6 Å². The summed E-state index contributed by atoms with van der Waals surface area (Å²) in [5, 5.41) is 0. The quantitative estimate of drug-likeness (QED) is 0.139. The first-order valence-corrected chi connectivity index (χ1v) is 15.0. The highest BCUT2D eigenvalue weighted by Crippen LogP contribution is 2.42. The van der Waals surface area contributed by atoms with Crippen LogP contribution >= 0.6 is 0 Å². The predicted octanol–water partition coefficient (Wildman–Crippen LogP) is 11.6. The smallest absolute Gasteiger partial charge is 0.429 e. The van der Waals surface area contributed by atoms with Crippen molar-refractivity contribution in [2.24, 2.45) is 17.8 Å². The van der Waals surface area contributed by atoms with Gasteiger partial charge in [0.1, 0.15) is 22.9 Å². The number of unbranched alkanes of at least 4 members (excludes halogenated alkanes) is 1. The number of hydrogen-bond acceptors (Lipinski definition) is 2. The van der Waals surface area contributed by atoms with Crippen LogP contribution in [0.5, 0.6) is 11.5 Å². The highest BCUT2D eigenvalue weighted by Gasteiger charge is 2.42. The molecule has 0 heterocycles. The van der Waals surface area contributed by atoms with Crippen molar-refractivity contribution in [2.75, 3.05) is 0 Å². The first-order chi connectivity index (χ1) is 20.9. The molecule has 0 aliphatic heterocycles. The summed E-state index contributed by atoms with van der Waals surface area (Å²) in [5.41, 5.74) is -1.54. The molecule has 2 aromatic carbocycles. The Balaban J connectivity index is 1.37. The zero-order valence-electron chi connectivity index (χ0n) is 24.3. The molecule has 11 heteroatoms. The molecule has 0 saturated heterocycles. The molecule has 2 aliphatic carbocycles. The SMILES string of the molecule is CCCCC1CCC(/C=C/C2CCC(c3cc(F)c(C(F)(F)Oc4cc(F)c(OC(F)=C(F)F)c(F)c4)c(F)c3)CC2)CC1. The number of ether oxygens (including phenoxy) is 2. The van der Waals surface area contributed by atoms with Gasteiger partial charge < -0.3 is 9.47 Å². The zero-order valence-corrected chi connectivity index (χ0v) is 24.3. The third-order valence-corrected chi connectivity index (χ3v) is 8.67. The van der Waals surface area contributed by atoms with E-state index in [2.05, 4.69) is 28.5 Å². The molecule has 0 N–H and O–H groups in total. The maximum absolute atomic E-state index is 14.9. The van der Waals surface area contributed by atoms with Gasteiger partial charge in [-0.1, -0.05) is 38.3 Å². The number of benzene rings is 2. The van der Waals surface area contributed by atoms with E-state index in [4.69, 9.17) is 0 Å². The Labute approximate surface area is 250 Å². The molecule has 0 spiro atoms. The monoisotopic (exact) mass is 634 g/mol. The van der Waals surface area contributed by atoms with Crippen LogP contribution in [0, 0.1) is 41.0 Å². The maximum atomic E-state index is 14.9. The van der Waals surface area contributed by atoms with Gasteiger partial charge >= 0.3 is 18.2 Å². The fraction of sp³-hybridized carbons (Fsp3) is 0.515. The Bertz CT molecular complexity index is 1290. The summed E-state index contributed by atoms with van der Waals surface area (Å²) in [5.74, 6) is -8.33. The summed E-state index contributed by atoms with van der Waals surface area (Å²) in [6.45, 7) is 2.21. The van der Waals surface area contributed by atoms with Crippen molar-refractivity contribution >= 4 is 0 Å². The van der Waals surface area contributed by atoms with Crippen LogP contribution in [0.2, 0.25) is 0 Å². The lowest BCUT2D eigenvalue weighted by molar-refractivity contribution is -0.189. The molecule has 2 nitrogen and oxygen atoms in total. The molecule has 0 bridgehead atoms. The van der Waals surface area contributed by atoms with Crippen molar-refractivity contribution < 1.29 is 49.0 Å². The normalized spacial score (nSPS) is 22.7. The molecule has 0 amide bonds. The van der Waals surface area contributed by atoms with E-state index in [1.54, 1.807) is 0 Å². The molecule has 4 rings (SSSR count). The van der Waals surface area contributed by atoms with Crippen LogP contribution in [0.1, 0.15) is 94.6 Å². The van der Waals surface area contributed by atoms with E-state index in [1.807, 2.05) is 0 Å². The fourth-order valence-corrected chi connectivity index (χ4v) is 6.25. The van der Waals surface area contributed by atoms with Crippen LogP contribution in [0.4, 0.5) is 39.5 Å². The molecule has 2 aromatic rings. The molecule has 2 saturated carbocycles. The van der Waals surface area contributed by atoms with Gasteiger partial charge in [0.05, 0.1) is 0 Å². The molecular formula is C33H35F9O2. The van der Waals surface area contributed by atoms with Gasteiger partial charge in [-0.3, -0.25) is 0 Å². The summed E-state index contributed by atoms with van der Waals surface area (Å²) in [6.07, 6.45) is 8.41. The Morgan fingerprint density at radius 3 is 1.80 bits per heavy atom. The molecule has 2 aliphatic rings. The van der Waals surface area contributed by atoms with E-state index in [0.29, 0.717) is 24.7 Å². The minimum atomic E-state index is -4.72. The Kier molecular flexibility index (Phi) is 11.3. The van der Waals surface area contributed by atoms with E-state index >= 15 is 0 Å². The van der Waals surface area contributed by atoms with Crippen LogP contribution in [0.3, 0.4) is 0 Å². The van der Waals surface area contributed by atoms with Gasteiger partial charge in [0, 0.05) is 12.1 Å². The summed E-state index contributed by atoms with van der Waals surface area (Å²) in [4.78, 5) is 0. The standard InChI is InChI=1S/C33H35F9O2/c1-2-3-4-19-5-7-20(8-6-19)9-10-21-11-13-22(14-12-21)23-15-25(34)29(26(35)16-23)33(41,42)44-24-17-27(36)30(28(37)18-24)43-32(40)31(38)39/h9-10,15-22H,2-8,11-14H2,1H3/b10-9+. The first-order valence-electron chi connectivity index (χ1n) is 15.0. The topological polar surface area (TPSA) is 18.5 Å². The van der Waals surface area contributed by atoms with Gasteiger partial charge in [-0.05, 0) is 92.7 Å². The first kappa shape index (κ1) is 33.8. The molecule has 0 aromatic heterocycles. The van der Waals surface area contributed by atoms with Crippen LogP contribution in [0.25, 0.3) is 0 Å². The second-order valence-corrected chi connectivity index (χ2v) is 11.8. The van der Waals surface area contributed by atoms with Crippen LogP contribution in [-0.4, -0.2) is 0 Å².